The van der Waals surface area contributed by atoms with Crippen LogP contribution >= 0.6 is 0 Å². The van der Waals surface area contributed by atoms with E-state index in [1.165, 1.54) is 12.1 Å². The van der Waals surface area contributed by atoms with Crippen molar-refractivity contribution in [2.24, 2.45) is 0 Å². The molecule has 1 nitrogen and oxygen atoms in total. The summed E-state index contributed by atoms with van der Waals surface area (Å²) in [6.45, 7) is 2.80. The van der Waals surface area contributed by atoms with Crippen LogP contribution in [0.2, 0.25) is 0 Å². The fourth-order valence-corrected chi connectivity index (χ4v) is 3.27. The van der Waals surface area contributed by atoms with Crippen molar-refractivity contribution in [1.82, 2.24) is 0 Å². The van der Waals surface area contributed by atoms with Crippen LogP contribution < -0.4 is 4.74 Å². The third kappa shape index (κ3) is 4.04. The number of alkyl halides is 1. The molecule has 0 N–H and O–H groups in total. The van der Waals surface area contributed by atoms with Gasteiger partial charge in [0.1, 0.15) is 11.6 Å². The molecule has 0 heterocycles. The van der Waals surface area contributed by atoms with Crippen LogP contribution in [0, 0.1) is 5.82 Å². The predicted molar refractivity (Wildman–Crippen MR) is 102 cm³/mol. The largest absolute Gasteiger partial charge is 0.494 e. The Morgan fingerprint density at radius 1 is 1.08 bits per heavy atom. The minimum absolute atomic E-state index is 0.184. The van der Waals surface area contributed by atoms with Crippen LogP contribution in [-0.4, -0.2) is 6.61 Å². The Balaban J connectivity index is 1.88. The monoisotopic (exact) mass is 354 g/mol. The number of benzene rings is 2. The van der Waals surface area contributed by atoms with Crippen LogP contribution in [0.1, 0.15) is 43.7 Å². The van der Waals surface area contributed by atoms with Gasteiger partial charge < -0.3 is 4.74 Å². The molecule has 0 aromatic heterocycles. The lowest BCUT2D eigenvalue weighted by Crippen LogP contribution is -2.23. The van der Waals surface area contributed by atoms with Gasteiger partial charge in [0.25, 0.3) is 0 Å². The second-order valence-electron chi connectivity index (χ2n) is 6.61. The van der Waals surface area contributed by atoms with Crippen LogP contribution in [0.3, 0.4) is 0 Å². The number of hydrogen-bond acceptors (Lipinski definition) is 1. The quantitative estimate of drug-likeness (QED) is 0.509. The number of allylic oxidation sites excluding steroid dienone is 4. The Labute approximate surface area is 154 Å². The maximum atomic E-state index is 16.0. The summed E-state index contributed by atoms with van der Waals surface area (Å²) in [6.07, 6.45) is 8.85. The van der Waals surface area contributed by atoms with Crippen LogP contribution in [0.15, 0.2) is 66.8 Å². The molecular formula is C23H24F2O. The topological polar surface area (TPSA) is 9.23 Å². The minimum atomic E-state index is -1.75. The highest BCUT2D eigenvalue weighted by molar-refractivity contribution is 5.77. The zero-order valence-corrected chi connectivity index (χ0v) is 15.1. The van der Waals surface area contributed by atoms with Gasteiger partial charge in [0.15, 0.2) is 5.67 Å². The van der Waals surface area contributed by atoms with Gasteiger partial charge >= 0.3 is 0 Å². The average molecular weight is 354 g/mol. The van der Waals surface area contributed by atoms with Gasteiger partial charge in [0, 0.05) is 12.0 Å². The molecular weight excluding hydrogens is 330 g/mol. The maximum Gasteiger partial charge on any atom is 0.165 e. The lowest BCUT2D eigenvalue weighted by atomic mass is 9.79. The van der Waals surface area contributed by atoms with Gasteiger partial charge in [-0.3, -0.25) is 0 Å². The molecule has 0 aliphatic heterocycles. The summed E-state index contributed by atoms with van der Waals surface area (Å²) in [4.78, 5) is 0. The highest BCUT2D eigenvalue weighted by Crippen LogP contribution is 2.45. The van der Waals surface area contributed by atoms with E-state index in [1.807, 2.05) is 30.3 Å². The van der Waals surface area contributed by atoms with E-state index in [4.69, 9.17) is 4.74 Å². The zero-order valence-electron chi connectivity index (χ0n) is 15.1. The van der Waals surface area contributed by atoms with Crippen LogP contribution in [0.4, 0.5) is 8.78 Å². The van der Waals surface area contributed by atoms with Crippen molar-refractivity contribution in [3.63, 3.8) is 0 Å². The maximum absolute atomic E-state index is 16.0. The first-order chi connectivity index (χ1) is 12.6. The summed E-state index contributed by atoms with van der Waals surface area (Å²) in [5.74, 6) is 0.303. The molecule has 3 rings (SSSR count). The highest BCUT2D eigenvalue weighted by Gasteiger charge is 2.37. The number of halogens is 2. The number of unbranched alkanes of at least 4 members (excludes halogenated alkanes) is 2. The van der Waals surface area contributed by atoms with Crippen molar-refractivity contribution in [2.45, 2.75) is 38.3 Å². The second-order valence-corrected chi connectivity index (χ2v) is 6.61. The first kappa shape index (κ1) is 18.4. The molecule has 1 aliphatic rings. The van der Waals surface area contributed by atoms with Crippen molar-refractivity contribution in [1.29, 1.82) is 0 Å². The lowest BCUT2D eigenvalue weighted by Gasteiger charge is -2.30. The summed E-state index contributed by atoms with van der Waals surface area (Å²) < 4.78 is 35.5. The Morgan fingerprint density at radius 2 is 1.92 bits per heavy atom. The van der Waals surface area contributed by atoms with Gasteiger partial charge in [0.2, 0.25) is 0 Å². The third-order valence-corrected chi connectivity index (χ3v) is 4.67. The van der Waals surface area contributed by atoms with Crippen LogP contribution in [0.25, 0.3) is 5.57 Å². The van der Waals surface area contributed by atoms with Gasteiger partial charge in [-0.05, 0) is 41.8 Å². The van der Waals surface area contributed by atoms with E-state index in [0.717, 1.165) is 30.6 Å². The summed E-state index contributed by atoms with van der Waals surface area (Å²) >= 11 is 0. The summed E-state index contributed by atoms with van der Waals surface area (Å²) in [5.41, 5.74) is -0.126. The van der Waals surface area contributed by atoms with E-state index < -0.39 is 11.5 Å². The van der Waals surface area contributed by atoms with Crippen molar-refractivity contribution < 1.29 is 13.5 Å². The molecule has 2 aromatic rings. The molecule has 0 bridgehead atoms. The first-order valence-corrected chi connectivity index (χ1v) is 9.19. The first-order valence-electron chi connectivity index (χ1n) is 9.19. The van der Waals surface area contributed by atoms with E-state index in [9.17, 15) is 4.39 Å². The van der Waals surface area contributed by atoms with Gasteiger partial charge in [-0.2, -0.15) is 0 Å². The molecule has 0 amide bonds. The molecule has 0 saturated heterocycles. The van der Waals surface area contributed by atoms with Gasteiger partial charge in [-0.15, -0.1) is 0 Å². The summed E-state index contributed by atoms with van der Waals surface area (Å²) in [6, 6.07) is 13.3. The Hall–Kier alpha value is -2.42. The fourth-order valence-electron chi connectivity index (χ4n) is 3.27. The van der Waals surface area contributed by atoms with E-state index in [-0.39, 0.29) is 6.42 Å². The fraction of sp³-hybridized carbons (Fsp3) is 0.304. The molecule has 1 aliphatic carbocycles. The molecule has 2 aromatic carbocycles. The molecule has 0 radical (unpaired) electrons. The Morgan fingerprint density at radius 3 is 2.73 bits per heavy atom. The van der Waals surface area contributed by atoms with Gasteiger partial charge in [-0.25, -0.2) is 8.78 Å². The van der Waals surface area contributed by atoms with E-state index in [0.29, 0.717) is 17.7 Å². The Bertz CT molecular complexity index is 809. The van der Waals surface area contributed by atoms with Crippen molar-refractivity contribution in [2.75, 3.05) is 6.61 Å². The SMILES string of the molecule is CCCCCOc1cccc(C2=CC=CCC2(F)c2cccc(F)c2)c1. The average Bonchev–Trinajstić information content (AvgIpc) is 2.66. The molecule has 136 valence electrons. The minimum Gasteiger partial charge on any atom is -0.494 e. The Kier molecular flexibility index (Phi) is 5.87. The number of hydrogen-bond donors (Lipinski definition) is 0. The molecule has 0 spiro atoms. The van der Waals surface area contributed by atoms with E-state index in [2.05, 4.69) is 6.92 Å². The van der Waals surface area contributed by atoms with Crippen LogP contribution in [-0.2, 0) is 5.67 Å². The van der Waals surface area contributed by atoms with Gasteiger partial charge in [-0.1, -0.05) is 62.3 Å². The molecule has 1 unspecified atom stereocenters. The third-order valence-electron chi connectivity index (χ3n) is 4.67. The smallest absolute Gasteiger partial charge is 0.165 e. The molecule has 0 saturated carbocycles. The summed E-state index contributed by atoms with van der Waals surface area (Å²) in [5, 5.41) is 0. The zero-order chi connectivity index (χ0) is 18.4. The van der Waals surface area contributed by atoms with Crippen molar-refractivity contribution in [3.05, 3.63) is 83.7 Å². The molecule has 26 heavy (non-hydrogen) atoms. The van der Waals surface area contributed by atoms with Crippen molar-refractivity contribution in [3.8, 4) is 5.75 Å². The summed E-state index contributed by atoms with van der Waals surface area (Å²) in [7, 11) is 0. The molecule has 1 atom stereocenters. The molecule has 0 fully saturated rings. The highest BCUT2D eigenvalue weighted by atomic mass is 19.1. The second kappa shape index (κ2) is 8.31. The normalized spacial score (nSPS) is 19.3. The number of ether oxygens (including phenoxy) is 1. The van der Waals surface area contributed by atoms with E-state index in [1.54, 1.807) is 24.3 Å². The number of rotatable bonds is 7. The predicted octanol–water partition coefficient (Wildman–Crippen LogP) is 6.60. The lowest BCUT2D eigenvalue weighted by molar-refractivity contribution is 0.249. The van der Waals surface area contributed by atoms with E-state index >= 15 is 4.39 Å². The standard InChI is InChI=1S/C23H24F2O/c1-2-3-6-15-26-21-12-7-9-18(16-21)22-13-4-5-14-23(22,25)19-10-8-11-20(24)17-19/h4-5,7-13,16-17H,2-3,6,14-15H2,1H3. The van der Waals surface area contributed by atoms with Crippen molar-refractivity contribution >= 4 is 5.57 Å². The van der Waals surface area contributed by atoms with Gasteiger partial charge in [0.05, 0.1) is 6.61 Å². The van der Waals surface area contributed by atoms with Crippen LogP contribution in [0.5, 0.6) is 5.75 Å². The molecule has 3 heteroatoms.